The van der Waals surface area contributed by atoms with Crippen molar-refractivity contribution in [3.05, 3.63) is 44.4 Å². The van der Waals surface area contributed by atoms with E-state index in [9.17, 15) is 9.18 Å². The van der Waals surface area contributed by atoms with Crippen molar-refractivity contribution < 1.29 is 4.39 Å². The van der Waals surface area contributed by atoms with Gasteiger partial charge in [-0.05, 0) is 34.5 Å². The van der Waals surface area contributed by atoms with Crippen LogP contribution in [0.4, 0.5) is 4.39 Å². The highest BCUT2D eigenvalue weighted by atomic mass is 79.9. The first-order chi connectivity index (χ1) is 6.61. The standard InChI is InChI=1S/C10H7BrFNO/c1-5-4-6(11)9(12)8-7(14)2-3-13-10(5)8/h2-4H,1H3,(H,13,14). The minimum Gasteiger partial charge on any atom is -0.361 e. The molecule has 2 aromatic rings. The number of fused-ring (bicyclic) bond motifs is 1. The van der Waals surface area contributed by atoms with Gasteiger partial charge in [0.15, 0.2) is 11.2 Å². The molecule has 0 aliphatic heterocycles. The summed E-state index contributed by atoms with van der Waals surface area (Å²) in [5, 5.41) is 0.111. The molecule has 4 heteroatoms. The van der Waals surface area contributed by atoms with Crippen molar-refractivity contribution in [2.24, 2.45) is 0 Å². The van der Waals surface area contributed by atoms with Crippen molar-refractivity contribution in [1.82, 2.24) is 4.98 Å². The zero-order valence-corrected chi connectivity index (χ0v) is 8.98. The minimum absolute atomic E-state index is 0.111. The van der Waals surface area contributed by atoms with E-state index in [2.05, 4.69) is 20.9 Å². The molecule has 14 heavy (non-hydrogen) atoms. The highest BCUT2D eigenvalue weighted by Crippen LogP contribution is 2.24. The predicted octanol–water partition coefficient (Wildman–Crippen LogP) is 2.74. The summed E-state index contributed by atoms with van der Waals surface area (Å²) in [7, 11) is 0. The summed E-state index contributed by atoms with van der Waals surface area (Å²) in [6.07, 6.45) is 1.52. The molecule has 0 aliphatic carbocycles. The number of aromatic nitrogens is 1. The fraction of sp³-hybridized carbons (Fsp3) is 0.100. The van der Waals surface area contributed by atoms with E-state index in [1.807, 2.05) is 6.92 Å². The summed E-state index contributed by atoms with van der Waals surface area (Å²) in [6, 6.07) is 2.96. The Morgan fingerprint density at radius 3 is 2.93 bits per heavy atom. The van der Waals surface area contributed by atoms with Gasteiger partial charge in [0.2, 0.25) is 0 Å². The van der Waals surface area contributed by atoms with Crippen molar-refractivity contribution in [3.8, 4) is 0 Å². The normalized spacial score (nSPS) is 10.8. The first-order valence-corrected chi connectivity index (χ1v) is 4.86. The van der Waals surface area contributed by atoms with E-state index in [0.717, 1.165) is 5.56 Å². The zero-order chi connectivity index (χ0) is 10.3. The van der Waals surface area contributed by atoms with Crippen molar-refractivity contribution in [1.29, 1.82) is 0 Å². The lowest BCUT2D eigenvalue weighted by Crippen LogP contribution is -2.04. The van der Waals surface area contributed by atoms with Crippen LogP contribution in [0.3, 0.4) is 0 Å². The Hall–Kier alpha value is -1.16. The summed E-state index contributed by atoms with van der Waals surface area (Å²) < 4.78 is 13.9. The van der Waals surface area contributed by atoms with Crippen LogP contribution in [0.5, 0.6) is 0 Å². The fourth-order valence-electron chi connectivity index (χ4n) is 1.45. The summed E-state index contributed by atoms with van der Waals surface area (Å²) in [6.45, 7) is 1.82. The molecule has 0 saturated heterocycles. The molecular weight excluding hydrogens is 249 g/mol. The topological polar surface area (TPSA) is 32.9 Å². The molecule has 0 amide bonds. The van der Waals surface area contributed by atoms with Gasteiger partial charge in [-0.3, -0.25) is 4.79 Å². The van der Waals surface area contributed by atoms with Gasteiger partial charge in [0.05, 0.1) is 15.4 Å². The van der Waals surface area contributed by atoms with Gasteiger partial charge in [-0.25, -0.2) is 4.39 Å². The Morgan fingerprint density at radius 2 is 2.21 bits per heavy atom. The highest BCUT2D eigenvalue weighted by molar-refractivity contribution is 9.10. The largest absolute Gasteiger partial charge is 0.361 e. The molecule has 1 N–H and O–H groups in total. The van der Waals surface area contributed by atoms with E-state index in [1.54, 1.807) is 6.07 Å². The van der Waals surface area contributed by atoms with Gasteiger partial charge in [0.25, 0.3) is 0 Å². The molecule has 0 unspecified atom stereocenters. The first-order valence-electron chi connectivity index (χ1n) is 4.07. The highest BCUT2D eigenvalue weighted by Gasteiger charge is 2.10. The fourth-order valence-corrected chi connectivity index (χ4v) is 1.99. The SMILES string of the molecule is Cc1cc(Br)c(F)c2c(=O)cc[nH]c12. The van der Waals surface area contributed by atoms with Crippen LogP contribution in [-0.2, 0) is 0 Å². The third kappa shape index (κ3) is 1.26. The molecule has 2 rings (SSSR count). The Bertz CT molecular complexity index is 562. The van der Waals surface area contributed by atoms with Gasteiger partial charge < -0.3 is 4.98 Å². The summed E-state index contributed by atoms with van der Waals surface area (Å²) >= 11 is 3.07. The van der Waals surface area contributed by atoms with Crippen molar-refractivity contribution in [2.45, 2.75) is 6.92 Å². The molecule has 0 saturated carbocycles. The van der Waals surface area contributed by atoms with Gasteiger partial charge in [-0.15, -0.1) is 0 Å². The first kappa shape index (κ1) is 9.40. The molecule has 0 aliphatic rings. The van der Waals surface area contributed by atoms with Crippen LogP contribution in [0.15, 0.2) is 27.6 Å². The maximum absolute atomic E-state index is 13.6. The third-order valence-corrected chi connectivity index (χ3v) is 2.70. The molecule has 1 aromatic carbocycles. The van der Waals surface area contributed by atoms with E-state index in [0.29, 0.717) is 9.99 Å². The summed E-state index contributed by atoms with van der Waals surface area (Å²) in [5.74, 6) is -0.507. The molecule has 1 aromatic heterocycles. The average Bonchev–Trinajstić information content (AvgIpc) is 2.14. The minimum atomic E-state index is -0.507. The van der Waals surface area contributed by atoms with Crippen molar-refractivity contribution >= 4 is 26.8 Å². The lowest BCUT2D eigenvalue weighted by Gasteiger charge is -2.04. The van der Waals surface area contributed by atoms with E-state index >= 15 is 0 Å². The second kappa shape index (κ2) is 3.20. The van der Waals surface area contributed by atoms with Crippen LogP contribution < -0.4 is 5.43 Å². The van der Waals surface area contributed by atoms with Crippen molar-refractivity contribution in [3.63, 3.8) is 0 Å². The third-order valence-electron chi connectivity index (χ3n) is 2.13. The lowest BCUT2D eigenvalue weighted by molar-refractivity contribution is 0.632. The Balaban J connectivity index is 3.11. The predicted molar refractivity (Wildman–Crippen MR) is 57.0 cm³/mol. The van der Waals surface area contributed by atoms with Gasteiger partial charge >= 0.3 is 0 Å². The van der Waals surface area contributed by atoms with Crippen LogP contribution in [0.1, 0.15) is 5.56 Å². The van der Waals surface area contributed by atoms with Crippen LogP contribution in [0.25, 0.3) is 10.9 Å². The number of halogens is 2. The molecule has 72 valence electrons. The second-order valence-corrected chi connectivity index (χ2v) is 3.94. The maximum Gasteiger partial charge on any atom is 0.192 e. The molecule has 0 bridgehead atoms. The van der Waals surface area contributed by atoms with Crippen LogP contribution in [-0.4, -0.2) is 4.98 Å². The van der Waals surface area contributed by atoms with Crippen LogP contribution in [0, 0.1) is 12.7 Å². The van der Waals surface area contributed by atoms with Crippen molar-refractivity contribution in [2.75, 3.05) is 0 Å². The number of hydrogen-bond donors (Lipinski definition) is 1. The summed E-state index contributed by atoms with van der Waals surface area (Å²) in [4.78, 5) is 14.3. The number of benzene rings is 1. The number of aryl methyl sites for hydroxylation is 1. The number of rotatable bonds is 0. The van der Waals surface area contributed by atoms with Gasteiger partial charge in [-0.2, -0.15) is 0 Å². The van der Waals surface area contributed by atoms with Crippen LogP contribution >= 0.6 is 15.9 Å². The lowest BCUT2D eigenvalue weighted by atomic mass is 10.1. The second-order valence-electron chi connectivity index (χ2n) is 3.08. The molecular formula is C10H7BrFNO. The van der Waals surface area contributed by atoms with E-state index in [1.165, 1.54) is 12.3 Å². The van der Waals surface area contributed by atoms with E-state index < -0.39 is 5.82 Å². The maximum atomic E-state index is 13.6. The number of aromatic amines is 1. The molecule has 0 fully saturated rings. The van der Waals surface area contributed by atoms with Gasteiger partial charge in [-0.1, -0.05) is 0 Å². The molecule has 0 radical (unpaired) electrons. The van der Waals surface area contributed by atoms with E-state index in [-0.39, 0.29) is 10.8 Å². The molecule has 0 spiro atoms. The number of nitrogens with one attached hydrogen (secondary N) is 1. The Labute approximate surface area is 87.9 Å². The average molecular weight is 256 g/mol. The Kier molecular flexibility index (Phi) is 2.15. The van der Waals surface area contributed by atoms with E-state index in [4.69, 9.17) is 0 Å². The quantitative estimate of drug-likeness (QED) is 0.772. The van der Waals surface area contributed by atoms with Gasteiger partial charge in [0.1, 0.15) is 0 Å². The monoisotopic (exact) mass is 255 g/mol. The summed E-state index contributed by atoms with van der Waals surface area (Å²) in [5.41, 5.74) is 1.09. The Morgan fingerprint density at radius 1 is 1.50 bits per heavy atom. The zero-order valence-electron chi connectivity index (χ0n) is 7.40. The van der Waals surface area contributed by atoms with Crippen LogP contribution in [0.2, 0.25) is 0 Å². The number of pyridine rings is 1. The molecule has 2 nitrogen and oxygen atoms in total. The van der Waals surface area contributed by atoms with Gasteiger partial charge in [0, 0.05) is 12.3 Å². The number of hydrogen-bond acceptors (Lipinski definition) is 1. The number of H-pyrrole nitrogens is 1. The molecule has 0 atom stereocenters. The molecule has 1 heterocycles. The smallest absolute Gasteiger partial charge is 0.192 e.